The third-order valence-corrected chi connectivity index (χ3v) is 7.22. The van der Waals surface area contributed by atoms with Gasteiger partial charge in [0, 0.05) is 6.08 Å². The molecule has 0 aromatic heterocycles. The average molecular weight is 511 g/mol. The van der Waals surface area contributed by atoms with Crippen molar-refractivity contribution in [1.82, 2.24) is 0 Å². The van der Waals surface area contributed by atoms with Crippen LogP contribution >= 0.6 is 0 Å². The maximum Gasteiger partial charge on any atom is 0.419 e. The number of ether oxygens (including phenoxy) is 1. The zero-order valence-electron chi connectivity index (χ0n) is 21.2. The molecule has 5 heteroatoms. The number of alkyl halides is 2. The fourth-order valence-electron chi connectivity index (χ4n) is 5.01. The van der Waals surface area contributed by atoms with E-state index in [4.69, 9.17) is 4.74 Å². The molecule has 0 heterocycles. The predicted molar refractivity (Wildman–Crippen MR) is 141 cm³/mol. The van der Waals surface area contributed by atoms with E-state index >= 15 is 0 Å². The van der Waals surface area contributed by atoms with Gasteiger partial charge in [0.15, 0.2) is 11.6 Å². The van der Waals surface area contributed by atoms with Crippen LogP contribution in [0.2, 0.25) is 0 Å². The molecule has 1 aliphatic rings. The van der Waals surface area contributed by atoms with Crippen molar-refractivity contribution in [3.63, 3.8) is 0 Å². The highest BCUT2D eigenvalue weighted by atomic mass is 19.3. The van der Waals surface area contributed by atoms with Crippen LogP contribution in [-0.4, -0.2) is 6.11 Å². The Morgan fingerprint density at radius 3 is 2.14 bits per heavy atom. The van der Waals surface area contributed by atoms with Gasteiger partial charge in [0.2, 0.25) is 0 Å². The lowest BCUT2D eigenvalue weighted by Crippen LogP contribution is -2.22. The summed E-state index contributed by atoms with van der Waals surface area (Å²) in [7, 11) is 0. The number of aryl methyl sites for hydroxylation is 1. The smallest absolute Gasteiger partial charge is 0.419 e. The molecule has 4 rings (SSSR count). The molecule has 0 N–H and O–H groups in total. The zero-order valence-corrected chi connectivity index (χ0v) is 21.2. The minimum Gasteiger partial charge on any atom is -0.429 e. The number of hydrogen-bond donors (Lipinski definition) is 0. The van der Waals surface area contributed by atoms with E-state index in [9.17, 15) is 17.6 Å². The third-order valence-electron chi connectivity index (χ3n) is 7.22. The number of halogens is 4. The van der Waals surface area contributed by atoms with E-state index in [1.807, 2.05) is 0 Å². The monoisotopic (exact) mass is 510 g/mol. The first-order chi connectivity index (χ1) is 17.8. The second-order valence-corrected chi connectivity index (χ2v) is 9.99. The van der Waals surface area contributed by atoms with Gasteiger partial charge in [-0.25, -0.2) is 8.78 Å². The summed E-state index contributed by atoms with van der Waals surface area (Å²) < 4.78 is 60.5. The summed E-state index contributed by atoms with van der Waals surface area (Å²) in [5.74, 6) is -1.30. The quantitative estimate of drug-likeness (QED) is 0.150. The molecule has 0 atom stereocenters. The lowest BCUT2D eigenvalue weighted by Gasteiger charge is -2.27. The van der Waals surface area contributed by atoms with Gasteiger partial charge in [0.05, 0.1) is 0 Å². The summed E-state index contributed by atoms with van der Waals surface area (Å²) in [6.45, 7) is 2.21. The summed E-state index contributed by atoms with van der Waals surface area (Å²) in [6.07, 6.45) is 7.56. The SMILES string of the molecule is CCCCCc1ccc(C2CCC(/C=C/C(F)(F)Oc3ccc(-c4ccc(F)c(F)c4)cc3)CC2)cc1. The van der Waals surface area contributed by atoms with E-state index in [0.717, 1.165) is 50.3 Å². The molecule has 1 aliphatic carbocycles. The number of benzene rings is 3. The molecular weight excluding hydrogens is 476 g/mol. The molecule has 0 aliphatic heterocycles. The Morgan fingerprint density at radius 1 is 0.811 bits per heavy atom. The molecule has 0 unspecified atom stereocenters. The van der Waals surface area contributed by atoms with Crippen LogP contribution in [0.15, 0.2) is 78.9 Å². The standard InChI is InChI=1S/C32H34F4O/c1-2-3-4-5-23-6-10-25(11-7-23)26-12-8-24(9-13-26)20-21-32(35,36)37-29-17-14-27(15-18-29)28-16-19-30(33)31(34)22-28/h6-7,10-11,14-22,24,26H,2-5,8-9,12-13H2,1H3/b21-20+. The number of hydrogen-bond acceptors (Lipinski definition) is 1. The van der Waals surface area contributed by atoms with Crippen LogP contribution in [0, 0.1) is 17.6 Å². The maximum absolute atomic E-state index is 14.5. The van der Waals surface area contributed by atoms with Crippen molar-refractivity contribution < 1.29 is 22.3 Å². The van der Waals surface area contributed by atoms with Gasteiger partial charge in [0.1, 0.15) is 5.75 Å². The minimum atomic E-state index is -3.44. The Balaban J connectivity index is 1.27. The average Bonchev–Trinajstić information content (AvgIpc) is 2.90. The first kappa shape index (κ1) is 27.0. The van der Waals surface area contributed by atoms with Gasteiger partial charge in [-0.2, -0.15) is 8.78 Å². The largest absolute Gasteiger partial charge is 0.429 e. The van der Waals surface area contributed by atoms with Crippen LogP contribution in [0.5, 0.6) is 5.75 Å². The number of allylic oxidation sites excluding steroid dienone is 1. The van der Waals surface area contributed by atoms with E-state index in [0.29, 0.717) is 17.0 Å². The Morgan fingerprint density at radius 2 is 1.49 bits per heavy atom. The van der Waals surface area contributed by atoms with Crippen molar-refractivity contribution in [2.45, 2.75) is 70.3 Å². The van der Waals surface area contributed by atoms with Crippen LogP contribution < -0.4 is 4.74 Å². The maximum atomic E-state index is 14.5. The van der Waals surface area contributed by atoms with E-state index in [1.54, 1.807) is 18.2 Å². The van der Waals surface area contributed by atoms with Crippen molar-refractivity contribution in [3.8, 4) is 16.9 Å². The lowest BCUT2D eigenvalue weighted by molar-refractivity contribution is -0.132. The Bertz CT molecular complexity index is 1160. The van der Waals surface area contributed by atoms with Crippen LogP contribution in [0.25, 0.3) is 11.1 Å². The Labute approximate surface area is 217 Å². The molecule has 0 radical (unpaired) electrons. The van der Waals surface area contributed by atoms with Crippen LogP contribution in [0.3, 0.4) is 0 Å². The second kappa shape index (κ2) is 12.4. The van der Waals surface area contributed by atoms with E-state index in [2.05, 4.69) is 31.2 Å². The van der Waals surface area contributed by atoms with Crippen molar-refractivity contribution in [2.24, 2.45) is 5.92 Å². The van der Waals surface area contributed by atoms with E-state index in [-0.39, 0.29) is 11.7 Å². The summed E-state index contributed by atoms with van der Waals surface area (Å²) in [5.41, 5.74) is 3.76. The summed E-state index contributed by atoms with van der Waals surface area (Å²) in [6, 6.07) is 18.4. The fourth-order valence-corrected chi connectivity index (χ4v) is 5.01. The minimum absolute atomic E-state index is 0.00262. The van der Waals surface area contributed by atoms with Crippen molar-refractivity contribution in [3.05, 3.63) is 102 Å². The molecule has 196 valence electrons. The molecular formula is C32H34F4O. The topological polar surface area (TPSA) is 9.23 Å². The summed E-state index contributed by atoms with van der Waals surface area (Å²) in [4.78, 5) is 0. The first-order valence-corrected chi connectivity index (χ1v) is 13.2. The van der Waals surface area contributed by atoms with Gasteiger partial charge in [-0.1, -0.05) is 68.3 Å². The van der Waals surface area contributed by atoms with Crippen molar-refractivity contribution >= 4 is 0 Å². The third kappa shape index (κ3) is 7.70. The second-order valence-electron chi connectivity index (χ2n) is 9.99. The highest BCUT2D eigenvalue weighted by Crippen LogP contribution is 2.37. The van der Waals surface area contributed by atoms with Gasteiger partial charge in [-0.05, 0) is 96.9 Å². The predicted octanol–water partition coefficient (Wildman–Crippen LogP) is 9.87. The van der Waals surface area contributed by atoms with Gasteiger partial charge < -0.3 is 4.74 Å². The first-order valence-electron chi connectivity index (χ1n) is 13.2. The number of unbranched alkanes of at least 4 members (excludes halogenated alkanes) is 2. The summed E-state index contributed by atoms with van der Waals surface area (Å²) in [5, 5.41) is 0. The molecule has 3 aromatic rings. The normalized spacial score (nSPS) is 18.3. The highest BCUT2D eigenvalue weighted by molar-refractivity contribution is 5.64. The molecule has 0 spiro atoms. The molecule has 0 bridgehead atoms. The molecule has 37 heavy (non-hydrogen) atoms. The summed E-state index contributed by atoms with van der Waals surface area (Å²) >= 11 is 0. The molecule has 1 nitrogen and oxygen atoms in total. The zero-order chi connectivity index (χ0) is 26.3. The molecule has 0 amide bonds. The molecule has 0 saturated heterocycles. The van der Waals surface area contributed by atoms with Crippen LogP contribution in [0.4, 0.5) is 17.6 Å². The fraction of sp³-hybridized carbons (Fsp3) is 0.375. The molecule has 3 aromatic carbocycles. The highest BCUT2D eigenvalue weighted by Gasteiger charge is 2.29. The van der Waals surface area contributed by atoms with Gasteiger partial charge in [-0.3, -0.25) is 0 Å². The van der Waals surface area contributed by atoms with E-state index < -0.39 is 17.7 Å². The van der Waals surface area contributed by atoms with Crippen molar-refractivity contribution in [1.29, 1.82) is 0 Å². The lowest BCUT2D eigenvalue weighted by atomic mass is 9.78. The van der Waals surface area contributed by atoms with Crippen LogP contribution in [0.1, 0.15) is 68.9 Å². The van der Waals surface area contributed by atoms with E-state index in [1.165, 1.54) is 48.6 Å². The Kier molecular flexibility index (Phi) is 9.07. The van der Waals surface area contributed by atoms with Gasteiger partial charge in [0.25, 0.3) is 0 Å². The molecule has 1 fully saturated rings. The van der Waals surface area contributed by atoms with Gasteiger partial charge in [-0.15, -0.1) is 0 Å². The Hall–Kier alpha value is -3.08. The van der Waals surface area contributed by atoms with Crippen molar-refractivity contribution in [2.75, 3.05) is 0 Å². The van der Waals surface area contributed by atoms with Gasteiger partial charge >= 0.3 is 6.11 Å². The molecule has 1 saturated carbocycles. The van der Waals surface area contributed by atoms with Crippen LogP contribution in [-0.2, 0) is 6.42 Å². The number of rotatable bonds is 10.